The number of nitrogen functional groups attached to an aromatic ring is 1. The zero-order valence-electron chi connectivity index (χ0n) is 26.2. The Hall–Kier alpha value is -3.57. The molecule has 0 aliphatic heterocycles. The number of nitrogens with one attached hydrogen (secondary N) is 2. The van der Waals surface area contributed by atoms with Gasteiger partial charge in [0.2, 0.25) is 10.0 Å². The second-order valence-corrected chi connectivity index (χ2v) is 15.2. The molecule has 2 amide bonds. The lowest BCUT2D eigenvalue weighted by atomic mass is 10.1. The van der Waals surface area contributed by atoms with E-state index in [1.807, 2.05) is 20.5 Å². The van der Waals surface area contributed by atoms with Gasteiger partial charge in [0.05, 0.1) is 49.8 Å². The molecule has 1 aromatic heterocycles. The number of oxazole rings is 1. The van der Waals surface area contributed by atoms with E-state index in [2.05, 4.69) is 21.9 Å². The minimum absolute atomic E-state index is 0.0124. The van der Waals surface area contributed by atoms with E-state index < -0.39 is 35.6 Å². The molecule has 238 valence electrons. The van der Waals surface area contributed by atoms with Crippen molar-refractivity contribution in [2.24, 2.45) is 5.92 Å². The lowest BCUT2D eigenvalue weighted by Gasteiger charge is -2.31. The maximum Gasteiger partial charge on any atom is 0.251 e. The molecule has 0 spiro atoms. The summed E-state index contributed by atoms with van der Waals surface area (Å²) in [6.45, 7) is 9.81. The molecule has 1 heterocycles. The molecular formula is C31H43N5O6PS+. The Balaban J connectivity index is 1.80. The van der Waals surface area contributed by atoms with E-state index >= 15 is 0 Å². The highest BCUT2D eigenvalue weighted by molar-refractivity contribution is 7.89. The number of nitrogens with two attached hydrogens (primary N) is 1. The minimum Gasteiger partial charge on any atom is -0.444 e. The maximum atomic E-state index is 13.7. The van der Waals surface area contributed by atoms with Gasteiger partial charge in [-0.1, -0.05) is 19.9 Å². The Labute approximate surface area is 261 Å². The van der Waals surface area contributed by atoms with Gasteiger partial charge >= 0.3 is 0 Å². The predicted octanol–water partition coefficient (Wildman–Crippen LogP) is 3.81. The maximum absolute atomic E-state index is 13.7. The van der Waals surface area contributed by atoms with Crippen molar-refractivity contribution in [2.45, 2.75) is 51.3 Å². The van der Waals surface area contributed by atoms with Gasteiger partial charge in [-0.2, -0.15) is 4.31 Å². The Morgan fingerprint density at radius 2 is 1.73 bits per heavy atom. The van der Waals surface area contributed by atoms with Gasteiger partial charge in [0, 0.05) is 43.9 Å². The minimum atomic E-state index is -3.88. The molecule has 0 aliphatic carbocycles. The largest absolute Gasteiger partial charge is 0.444 e. The van der Waals surface area contributed by atoms with Crippen LogP contribution in [0.4, 0.5) is 5.69 Å². The highest BCUT2D eigenvalue weighted by Crippen LogP contribution is 2.23. The van der Waals surface area contributed by atoms with E-state index in [0.717, 1.165) is 0 Å². The molecule has 3 unspecified atom stereocenters. The quantitative estimate of drug-likeness (QED) is 0.167. The average molecular weight is 645 g/mol. The number of methoxy groups -OCH3 is 1. The third kappa shape index (κ3) is 9.46. The van der Waals surface area contributed by atoms with Crippen LogP contribution < -0.4 is 16.4 Å². The summed E-state index contributed by atoms with van der Waals surface area (Å²) < 4.78 is 40.1. The molecule has 0 aliphatic rings. The summed E-state index contributed by atoms with van der Waals surface area (Å²) in [5.41, 5.74) is 7.53. The molecule has 0 bridgehead atoms. The van der Waals surface area contributed by atoms with Crippen molar-refractivity contribution >= 4 is 41.4 Å². The fourth-order valence-electron chi connectivity index (χ4n) is 4.68. The third-order valence-electron chi connectivity index (χ3n) is 6.84. The van der Waals surface area contributed by atoms with Crippen molar-refractivity contribution in [3.05, 3.63) is 77.0 Å². The molecule has 0 radical (unpaired) electrons. The van der Waals surface area contributed by atoms with Gasteiger partial charge in [-0.05, 0) is 55.3 Å². The fraction of sp³-hybridized carbons (Fsp3) is 0.419. The summed E-state index contributed by atoms with van der Waals surface area (Å²) in [5, 5.41) is 5.82. The van der Waals surface area contributed by atoms with E-state index in [0.29, 0.717) is 34.8 Å². The SMILES string of the molecule is C=[P+](C)CC(NC(=O)c1cccc(C(=O)NCc2oc(C)nc2C)c1)C(CN(CC(C)C)S(=O)(=O)c1ccc(N)cc1)OC. The first-order valence-electron chi connectivity index (χ1n) is 14.2. The van der Waals surface area contributed by atoms with E-state index in [1.165, 1.54) is 29.6 Å². The van der Waals surface area contributed by atoms with Crippen LogP contribution in [0, 0.1) is 19.8 Å². The average Bonchev–Trinajstić information content (AvgIpc) is 3.29. The van der Waals surface area contributed by atoms with E-state index in [4.69, 9.17) is 14.9 Å². The summed E-state index contributed by atoms with van der Waals surface area (Å²) in [7, 11) is -3.13. The van der Waals surface area contributed by atoms with Crippen LogP contribution in [0.3, 0.4) is 0 Å². The highest BCUT2D eigenvalue weighted by atomic mass is 32.2. The van der Waals surface area contributed by atoms with Gasteiger partial charge in [-0.25, -0.2) is 13.4 Å². The van der Waals surface area contributed by atoms with Gasteiger partial charge in [0.15, 0.2) is 5.89 Å². The fourth-order valence-corrected chi connectivity index (χ4v) is 7.29. The van der Waals surface area contributed by atoms with E-state index in [9.17, 15) is 18.0 Å². The lowest BCUT2D eigenvalue weighted by molar-refractivity contribution is 0.0533. The number of ether oxygens (including phenoxy) is 1. The van der Waals surface area contributed by atoms with E-state index in [-0.39, 0.29) is 41.9 Å². The molecule has 13 heteroatoms. The molecule has 0 saturated heterocycles. The van der Waals surface area contributed by atoms with E-state index in [1.54, 1.807) is 44.2 Å². The molecule has 3 atom stereocenters. The van der Waals surface area contributed by atoms with Crippen molar-refractivity contribution in [3.63, 3.8) is 0 Å². The van der Waals surface area contributed by atoms with Crippen LogP contribution in [0.1, 0.15) is 51.9 Å². The first-order chi connectivity index (χ1) is 20.7. The van der Waals surface area contributed by atoms with Gasteiger partial charge < -0.3 is 25.5 Å². The molecule has 4 N–H and O–H groups in total. The molecule has 44 heavy (non-hydrogen) atoms. The molecule has 2 aromatic carbocycles. The molecule has 3 rings (SSSR count). The smallest absolute Gasteiger partial charge is 0.251 e. The Kier molecular flexibility index (Phi) is 12.2. The van der Waals surface area contributed by atoms with Gasteiger partial charge in [0.25, 0.3) is 11.8 Å². The van der Waals surface area contributed by atoms with Crippen molar-refractivity contribution in [1.29, 1.82) is 0 Å². The summed E-state index contributed by atoms with van der Waals surface area (Å²) in [5.74, 6) is 0.328. The van der Waals surface area contributed by atoms with Gasteiger partial charge in [-0.3, -0.25) is 9.59 Å². The van der Waals surface area contributed by atoms with Crippen molar-refractivity contribution in [3.8, 4) is 0 Å². The van der Waals surface area contributed by atoms with Crippen LogP contribution in [0.5, 0.6) is 0 Å². The number of hydrogen-bond donors (Lipinski definition) is 3. The van der Waals surface area contributed by atoms with Crippen molar-refractivity contribution in [2.75, 3.05) is 38.8 Å². The van der Waals surface area contributed by atoms with Crippen LogP contribution in [0.15, 0.2) is 57.8 Å². The summed E-state index contributed by atoms with van der Waals surface area (Å²) in [6, 6.07) is 11.9. The summed E-state index contributed by atoms with van der Waals surface area (Å²) in [4.78, 5) is 30.7. The number of rotatable bonds is 15. The number of aryl methyl sites for hydroxylation is 2. The third-order valence-corrected chi connectivity index (χ3v) is 9.71. The summed E-state index contributed by atoms with van der Waals surface area (Å²) in [6.07, 6.45) is 3.97. The molecular weight excluding hydrogens is 601 g/mol. The van der Waals surface area contributed by atoms with Crippen LogP contribution >= 0.6 is 7.55 Å². The molecule has 11 nitrogen and oxygen atoms in total. The van der Waals surface area contributed by atoms with Crippen LogP contribution in [0.25, 0.3) is 0 Å². The zero-order chi connectivity index (χ0) is 32.6. The lowest BCUT2D eigenvalue weighted by Crippen LogP contribution is -2.52. The second kappa shape index (κ2) is 15.4. The molecule has 0 saturated carbocycles. The monoisotopic (exact) mass is 644 g/mol. The standard InChI is InChI=1S/C31H42N5O6PS/c1-20(2)17-36(44(39,40)26-13-11-25(32)12-14-26)18-29(41-5)27(19-43(6)7)35-31(38)24-10-8-9-23(15-24)30(37)33-16-28-21(3)34-22(4)42-28/h8-15,20,27,29H,6,16-19,32H2,1-5,7H3,(H-,33,35,37,38)/p+1. The number of carbonyl (C=O) groups is 2. The summed E-state index contributed by atoms with van der Waals surface area (Å²) >= 11 is 0. The number of aromatic nitrogens is 1. The number of anilines is 1. The Morgan fingerprint density at radius 1 is 1.09 bits per heavy atom. The zero-order valence-corrected chi connectivity index (χ0v) is 27.9. The van der Waals surface area contributed by atoms with Crippen LogP contribution in [-0.4, -0.2) is 81.0 Å². The topological polar surface area (TPSA) is 157 Å². The van der Waals surface area contributed by atoms with Crippen molar-refractivity contribution < 1.29 is 27.2 Å². The van der Waals surface area contributed by atoms with Crippen LogP contribution in [0.2, 0.25) is 0 Å². The molecule has 3 aromatic rings. The van der Waals surface area contributed by atoms with Gasteiger partial charge in [0.1, 0.15) is 11.9 Å². The van der Waals surface area contributed by atoms with Gasteiger partial charge in [-0.15, -0.1) is 0 Å². The Morgan fingerprint density at radius 3 is 2.27 bits per heavy atom. The first kappa shape index (κ1) is 34.9. The number of hydrogen-bond acceptors (Lipinski definition) is 8. The first-order valence-corrected chi connectivity index (χ1v) is 17.8. The number of carbonyl (C=O) groups excluding carboxylic acids is 2. The number of benzene rings is 2. The number of amides is 2. The normalized spacial score (nSPS) is 13.5. The Bertz CT molecular complexity index is 1570. The highest BCUT2D eigenvalue weighted by Gasteiger charge is 2.34. The predicted molar refractivity (Wildman–Crippen MR) is 175 cm³/mol. The number of nitrogens with zero attached hydrogens (tertiary/aromatic N) is 2. The molecule has 0 fully saturated rings. The number of sulfonamides is 1. The second-order valence-electron chi connectivity index (χ2n) is 11.2. The van der Waals surface area contributed by atoms with Crippen LogP contribution in [-0.2, 0) is 21.3 Å². The van der Waals surface area contributed by atoms with Crippen molar-refractivity contribution in [1.82, 2.24) is 19.9 Å².